The molecule has 114 valence electrons. The van der Waals surface area contributed by atoms with E-state index in [0.717, 1.165) is 29.9 Å². The number of carbonyl (C=O) groups is 1. The minimum absolute atomic E-state index is 0.105. The summed E-state index contributed by atoms with van der Waals surface area (Å²) in [5, 5.41) is 3.04. The van der Waals surface area contributed by atoms with Crippen LogP contribution in [0.5, 0.6) is 0 Å². The van der Waals surface area contributed by atoms with Gasteiger partial charge in [-0.05, 0) is 45.2 Å². The molecule has 1 aromatic heterocycles. The number of benzene rings is 1. The fourth-order valence-corrected chi connectivity index (χ4v) is 2.97. The maximum Gasteiger partial charge on any atom is 0.230 e. The zero-order chi connectivity index (χ0) is 15.7. The van der Waals surface area contributed by atoms with Gasteiger partial charge in [0.1, 0.15) is 5.82 Å². The number of nitrogens with zero attached hydrogens (tertiary/aromatic N) is 2. The minimum atomic E-state index is -0.334. The normalized spacial score (nSPS) is 15.4. The van der Waals surface area contributed by atoms with Crippen LogP contribution in [0.15, 0.2) is 30.5 Å². The van der Waals surface area contributed by atoms with Gasteiger partial charge in [-0.1, -0.05) is 29.3 Å². The van der Waals surface area contributed by atoms with E-state index >= 15 is 0 Å². The van der Waals surface area contributed by atoms with Crippen molar-refractivity contribution in [2.75, 3.05) is 0 Å². The first-order valence-electron chi connectivity index (χ1n) is 7.65. The molecule has 1 aliphatic carbocycles. The van der Waals surface area contributed by atoms with Crippen LogP contribution in [0.4, 0.5) is 0 Å². The number of rotatable bonds is 4. The number of hydrogen-bond acceptors (Lipinski definition) is 3. The lowest BCUT2D eigenvalue weighted by Crippen LogP contribution is -2.34. The van der Waals surface area contributed by atoms with Gasteiger partial charge in [-0.15, -0.1) is 0 Å². The van der Waals surface area contributed by atoms with Crippen molar-refractivity contribution in [2.24, 2.45) is 0 Å². The summed E-state index contributed by atoms with van der Waals surface area (Å²) < 4.78 is 0. The third-order valence-corrected chi connectivity index (χ3v) is 4.22. The lowest BCUT2D eigenvalue weighted by Gasteiger charge is -2.17. The zero-order valence-electron chi connectivity index (χ0n) is 13.3. The van der Waals surface area contributed by atoms with Crippen molar-refractivity contribution in [2.45, 2.75) is 45.6 Å². The molecular weight excluding hydrogens is 274 g/mol. The van der Waals surface area contributed by atoms with E-state index in [-0.39, 0.29) is 11.3 Å². The number of amides is 1. The number of aryl methyl sites for hydroxylation is 3. The highest BCUT2D eigenvalue weighted by Crippen LogP contribution is 2.48. The van der Waals surface area contributed by atoms with Crippen LogP contribution >= 0.6 is 0 Å². The lowest BCUT2D eigenvalue weighted by atomic mass is 9.92. The summed E-state index contributed by atoms with van der Waals surface area (Å²) in [6.07, 6.45) is 3.57. The molecule has 22 heavy (non-hydrogen) atoms. The SMILES string of the molecule is Cc1cc(C)cc(C2(C(=O)NCc3ccnc(C)n3)CC2)c1. The predicted octanol–water partition coefficient (Wildman–Crippen LogP) is 2.75. The Bertz CT molecular complexity index is 700. The Morgan fingerprint density at radius 3 is 2.45 bits per heavy atom. The first kappa shape index (κ1) is 14.7. The van der Waals surface area contributed by atoms with Gasteiger partial charge in [-0.3, -0.25) is 4.79 Å². The third kappa shape index (κ3) is 2.86. The Kier molecular flexibility index (Phi) is 3.69. The summed E-state index contributed by atoms with van der Waals surface area (Å²) in [5.41, 5.74) is 4.07. The first-order chi connectivity index (χ1) is 10.5. The molecule has 0 radical (unpaired) electrons. The quantitative estimate of drug-likeness (QED) is 0.943. The highest BCUT2D eigenvalue weighted by Gasteiger charge is 2.51. The zero-order valence-corrected chi connectivity index (χ0v) is 13.3. The number of hydrogen-bond donors (Lipinski definition) is 1. The van der Waals surface area contributed by atoms with E-state index in [2.05, 4.69) is 47.3 Å². The fourth-order valence-electron chi connectivity index (χ4n) is 2.97. The van der Waals surface area contributed by atoms with Crippen LogP contribution in [0, 0.1) is 20.8 Å². The summed E-state index contributed by atoms with van der Waals surface area (Å²) in [7, 11) is 0. The van der Waals surface area contributed by atoms with Crippen LogP contribution in [0.2, 0.25) is 0 Å². The van der Waals surface area contributed by atoms with Gasteiger partial charge < -0.3 is 5.32 Å². The molecule has 1 saturated carbocycles. The molecular formula is C18H21N3O. The minimum Gasteiger partial charge on any atom is -0.350 e. The van der Waals surface area contributed by atoms with Gasteiger partial charge in [0.05, 0.1) is 17.7 Å². The van der Waals surface area contributed by atoms with Crippen LogP contribution in [-0.4, -0.2) is 15.9 Å². The highest BCUT2D eigenvalue weighted by molar-refractivity contribution is 5.91. The third-order valence-electron chi connectivity index (χ3n) is 4.22. The Morgan fingerprint density at radius 1 is 1.18 bits per heavy atom. The van der Waals surface area contributed by atoms with E-state index in [1.165, 1.54) is 11.1 Å². The molecule has 0 spiro atoms. The van der Waals surface area contributed by atoms with Gasteiger partial charge in [0.25, 0.3) is 0 Å². The van der Waals surface area contributed by atoms with Gasteiger partial charge in [0, 0.05) is 6.20 Å². The van der Waals surface area contributed by atoms with Gasteiger partial charge in [-0.2, -0.15) is 0 Å². The summed E-state index contributed by atoms with van der Waals surface area (Å²) in [4.78, 5) is 21.0. The molecule has 0 atom stereocenters. The second-order valence-electron chi connectivity index (χ2n) is 6.24. The number of carbonyl (C=O) groups excluding carboxylic acids is 1. The average molecular weight is 295 g/mol. The smallest absolute Gasteiger partial charge is 0.230 e. The number of aromatic nitrogens is 2. The van der Waals surface area contributed by atoms with Crippen molar-refractivity contribution in [3.8, 4) is 0 Å². The molecule has 2 aromatic rings. The van der Waals surface area contributed by atoms with Crippen molar-refractivity contribution >= 4 is 5.91 Å². The van der Waals surface area contributed by atoms with Gasteiger partial charge in [0.2, 0.25) is 5.91 Å². The monoisotopic (exact) mass is 295 g/mol. The van der Waals surface area contributed by atoms with Crippen LogP contribution in [-0.2, 0) is 16.8 Å². The van der Waals surface area contributed by atoms with Gasteiger partial charge in [0.15, 0.2) is 0 Å². The molecule has 0 saturated heterocycles. The molecule has 1 heterocycles. The van der Waals surface area contributed by atoms with Crippen molar-refractivity contribution in [1.29, 1.82) is 0 Å². The van der Waals surface area contributed by atoms with Gasteiger partial charge >= 0.3 is 0 Å². The fraction of sp³-hybridized carbons (Fsp3) is 0.389. The molecule has 4 nitrogen and oxygen atoms in total. The maximum absolute atomic E-state index is 12.7. The van der Waals surface area contributed by atoms with Crippen molar-refractivity contribution in [3.05, 3.63) is 58.7 Å². The Morgan fingerprint density at radius 2 is 1.86 bits per heavy atom. The van der Waals surface area contributed by atoms with E-state index in [4.69, 9.17) is 0 Å². The van der Waals surface area contributed by atoms with E-state index in [1.807, 2.05) is 13.0 Å². The van der Waals surface area contributed by atoms with Crippen molar-refractivity contribution in [3.63, 3.8) is 0 Å². The molecule has 1 aliphatic rings. The molecule has 1 fully saturated rings. The Hall–Kier alpha value is -2.23. The molecule has 0 unspecified atom stereocenters. The van der Waals surface area contributed by atoms with E-state index in [9.17, 15) is 4.79 Å². The molecule has 1 aromatic carbocycles. The van der Waals surface area contributed by atoms with Gasteiger partial charge in [-0.25, -0.2) is 9.97 Å². The van der Waals surface area contributed by atoms with Crippen molar-refractivity contribution < 1.29 is 4.79 Å². The Balaban J connectivity index is 1.74. The number of nitrogens with one attached hydrogen (secondary N) is 1. The van der Waals surface area contributed by atoms with Crippen LogP contribution in [0.1, 0.15) is 41.1 Å². The average Bonchev–Trinajstić information content (AvgIpc) is 3.25. The molecule has 3 rings (SSSR count). The topological polar surface area (TPSA) is 54.9 Å². The largest absolute Gasteiger partial charge is 0.350 e. The summed E-state index contributed by atoms with van der Waals surface area (Å²) >= 11 is 0. The molecule has 4 heteroatoms. The van der Waals surface area contributed by atoms with Crippen LogP contribution in [0.3, 0.4) is 0 Å². The Labute approximate surface area is 131 Å². The highest BCUT2D eigenvalue weighted by atomic mass is 16.2. The maximum atomic E-state index is 12.7. The first-order valence-corrected chi connectivity index (χ1v) is 7.65. The van der Waals surface area contributed by atoms with E-state index in [0.29, 0.717) is 6.54 Å². The summed E-state index contributed by atoms with van der Waals surface area (Å²) in [6.45, 7) is 6.46. The molecule has 1 amide bonds. The van der Waals surface area contributed by atoms with Crippen LogP contribution in [0.25, 0.3) is 0 Å². The summed E-state index contributed by atoms with van der Waals surface area (Å²) in [5.74, 6) is 0.830. The van der Waals surface area contributed by atoms with E-state index in [1.54, 1.807) is 6.20 Å². The van der Waals surface area contributed by atoms with Crippen molar-refractivity contribution in [1.82, 2.24) is 15.3 Å². The second-order valence-corrected chi connectivity index (χ2v) is 6.24. The predicted molar refractivity (Wildman–Crippen MR) is 85.4 cm³/mol. The molecule has 1 N–H and O–H groups in total. The molecule has 0 aliphatic heterocycles. The molecule has 0 bridgehead atoms. The standard InChI is InChI=1S/C18H21N3O/c1-12-8-13(2)10-15(9-12)18(5-6-18)17(22)20-11-16-4-7-19-14(3)21-16/h4,7-10H,5-6,11H2,1-3H3,(H,20,22). The lowest BCUT2D eigenvalue weighted by molar-refractivity contribution is -0.123. The second kappa shape index (κ2) is 5.52. The van der Waals surface area contributed by atoms with E-state index < -0.39 is 0 Å². The summed E-state index contributed by atoms with van der Waals surface area (Å²) in [6, 6.07) is 8.24. The van der Waals surface area contributed by atoms with Crippen LogP contribution < -0.4 is 5.32 Å².